The van der Waals surface area contributed by atoms with E-state index in [0.29, 0.717) is 17.3 Å². The molecule has 0 bridgehead atoms. The maximum absolute atomic E-state index is 14.2. The van der Waals surface area contributed by atoms with E-state index in [1.807, 2.05) is 0 Å². The molecule has 1 heterocycles. The van der Waals surface area contributed by atoms with Gasteiger partial charge >= 0.3 is 5.97 Å². The summed E-state index contributed by atoms with van der Waals surface area (Å²) in [6.45, 7) is 3.67. The van der Waals surface area contributed by atoms with E-state index >= 15 is 0 Å². The van der Waals surface area contributed by atoms with Crippen molar-refractivity contribution in [3.8, 4) is 11.4 Å². The van der Waals surface area contributed by atoms with Crippen molar-refractivity contribution in [2.45, 2.75) is 25.5 Å². The van der Waals surface area contributed by atoms with Crippen LogP contribution in [0.1, 0.15) is 12.5 Å². The molecule has 0 amide bonds. The Bertz CT molecular complexity index is 688. The Kier molecular flexibility index (Phi) is 4.56. The second-order valence-electron chi connectivity index (χ2n) is 4.29. The lowest BCUT2D eigenvalue weighted by atomic mass is 10.1. The summed E-state index contributed by atoms with van der Waals surface area (Å²) in [6, 6.07) is 2.52. The first-order valence-electron chi connectivity index (χ1n) is 6.18. The molecule has 5 nitrogen and oxygen atoms in total. The van der Waals surface area contributed by atoms with Crippen LogP contribution in [-0.4, -0.2) is 31.6 Å². The minimum Gasteiger partial charge on any atom is -0.481 e. The number of hydrogen-bond donors (Lipinski definition) is 1. The molecule has 112 valence electrons. The fourth-order valence-corrected chi connectivity index (χ4v) is 2.58. The number of hydrogen-bond acceptors (Lipinski definition) is 4. The van der Waals surface area contributed by atoms with E-state index in [-0.39, 0.29) is 17.1 Å². The Labute approximate surface area is 124 Å². The molecule has 0 aliphatic carbocycles. The lowest BCUT2D eigenvalue weighted by molar-refractivity contribution is -0.133. The predicted octanol–water partition coefficient (Wildman–Crippen LogP) is 2.73. The first kappa shape index (κ1) is 15.4. The second kappa shape index (κ2) is 6.21. The highest BCUT2D eigenvalue weighted by atomic mass is 32.2. The van der Waals surface area contributed by atoms with Gasteiger partial charge in [0.15, 0.2) is 11.0 Å². The zero-order valence-electron chi connectivity index (χ0n) is 11.4. The highest BCUT2D eigenvalue weighted by molar-refractivity contribution is 7.99. The van der Waals surface area contributed by atoms with Gasteiger partial charge in [0.25, 0.3) is 0 Å². The number of aryl methyl sites for hydroxylation is 1. The number of benzene rings is 1. The van der Waals surface area contributed by atoms with Gasteiger partial charge in [-0.2, -0.15) is 0 Å². The summed E-state index contributed by atoms with van der Waals surface area (Å²) in [5, 5.41) is 16.6. The lowest BCUT2D eigenvalue weighted by Crippen LogP contribution is -2.05. The van der Waals surface area contributed by atoms with E-state index in [2.05, 4.69) is 10.2 Å². The smallest absolute Gasteiger partial charge is 0.313 e. The molecule has 1 N–H and O–H groups in total. The molecule has 0 unspecified atom stereocenters. The van der Waals surface area contributed by atoms with Crippen LogP contribution in [0.15, 0.2) is 17.3 Å². The predicted molar refractivity (Wildman–Crippen MR) is 74.1 cm³/mol. The van der Waals surface area contributed by atoms with Crippen molar-refractivity contribution >= 4 is 17.7 Å². The van der Waals surface area contributed by atoms with Crippen molar-refractivity contribution in [2.75, 3.05) is 5.75 Å². The molecule has 2 rings (SSSR count). The van der Waals surface area contributed by atoms with Crippen LogP contribution in [0.2, 0.25) is 0 Å². The summed E-state index contributed by atoms with van der Waals surface area (Å²) < 4.78 is 29.6. The zero-order chi connectivity index (χ0) is 15.6. The van der Waals surface area contributed by atoms with Crippen LogP contribution in [0, 0.1) is 18.6 Å². The lowest BCUT2D eigenvalue weighted by Gasteiger charge is -2.09. The van der Waals surface area contributed by atoms with Crippen LogP contribution in [0.5, 0.6) is 0 Å². The van der Waals surface area contributed by atoms with E-state index in [9.17, 15) is 13.6 Å². The van der Waals surface area contributed by atoms with E-state index in [4.69, 9.17) is 5.11 Å². The quantitative estimate of drug-likeness (QED) is 0.860. The number of halogens is 2. The number of aromatic nitrogens is 3. The Morgan fingerprint density at radius 3 is 2.71 bits per heavy atom. The van der Waals surface area contributed by atoms with E-state index < -0.39 is 17.6 Å². The average Bonchev–Trinajstić information content (AvgIpc) is 2.84. The van der Waals surface area contributed by atoms with Crippen molar-refractivity contribution < 1.29 is 18.7 Å². The third kappa shape index (κ3) is 3.05. The molecule has 8 heteroatoms. The van der Waals surface area contributed by atoms with Gasteiger partial charge in [0, 0.05) is 6.54 Å². The molecule has 0 fully saturated rings. The average molecular weight is 313 g/mol. The van der Waals surface area contributed by atoms with Gasteiger partial charge in [-0.1, -0.05) is 17.8 Å². The van der Waals surface area contributed by atoms with Gasteiger partial charge in [0.2, 0.25) is 0 Å². The monoisotopic (exact) mass is 313 g/mol. The Morgan fingerprint density at radius 2 is 2.10 bits per heavy atom. The molecule has 0 atom stereocenters. The van der Waals surface area contributed by atoms with Crippen LogP contribution in [0.25, 0.3) is 11.4 Å². The molecule has 0 aliphatic heterocycles. The molecule has 0 radical (unpaired) electrons. The zero-order valence-corrected chi connectivity index (χ0v) is 12.2. The molecular formula is C13H13F2N3O2S. The third-order valence-corrected chi connectivity index (χ3v) is 3.82. The minimum absolute atomic E-state index is 0.0593. The normalized spacial score (nSPS) is 10.9. The summed E-state index contributed by atoms with van der Waals surface area (Å²) in [4.78, 5) is 10.6. The van der Waals surface area contributed by atoms with E-state index in [1.54, 1.807) is 6.92 Å². The van der Waals surface area contributed by atoms with Crippen molar-refractivity contribution in [2.24, 2.45) is 0 Å². The largest absolute Gasteiger partial charge is 0.481 e. The third-order valence-electron chi connectivity index (χ3n) is 2.87. The summed E-state index contributed by atoms with van der Waals surface area (Å²) >= 11 is 0.956. The van der Waals surface area contributed by atoms with Gasteiger partial charge in [-0.3, -0.25) is 4.79 Å². The molecule has 0 saturated carbocycles. The number of aliphatic carboxylic acids is 1. The van der Waals surface area contributed by atoms with Gasteiger partial charge in [0.05, 0.1) is 11.3 Å². The topological polar surface area (TPSA) is 68.0 Å². The molecule has 0 spiro atoms. The van der Waals surface area contributed by atoms with Crippen LogP contribution in [0.3, 0.4) is 0 Å². The van der Waals surface area contributed by atoms with Gasteiger partial charge in [-0.15, -0.1) is 10.2 Å². The summed E-state index contributed by atoms with van der Waals surface area (Å²) in [5.74, 6) is -2.55. The number of carbonyl (C=O) groups is 1. The Hall–Kier alpha value is -1.96. The molecule has 1 aromatic heterocycles. The second-order valence-corrected chi connectivity index (χ2v) is 5.23. The Balaban J connectivity index is 2.50. The fourth-order valence-electron chi connectivity index (χ4n) is 1.85. The van der Waals surface area contributed by atoms with Crippen molar-refractivity contribution in [3.05, 3.63) is 29.3 Å². The number of carboxylic acid groups (broad SMARTS) is 1. The molecule has 2 aromatic rings. The van der Waals surface area contributed by atoms with Gasteiger partial charge in [-0.25, -0.2) is 8.78 Å². The summed E-state index contributed by atoms with van der Waals surface area (Å²) in [5.41, 5.74) is 0.0586. The van der Waals surface area contributed by atoms with E-state index in [1.165, 1.54) is 23.6 Å². The summed E-state index contributed by atoms with van der Waals surface area (Å²) in [7, 11) is 0. The number of rotatable bonds is 5. The molecule has 1 aromatic carbocycles. The van der Waals surface area contributed by atoms with Crippen LogP contribution >= 0.6 is 11.8 Å². The maximum atomic E-state index is 14.2. The Morgan fingerprint density at radius 1 is 1.38 bits per heavy atom. The molecular weight excluding hydrogens is 300 g/mol. The van der Waals surface area contributed by atoms with Crippen molar-refractivity contribution in [1.29, 1.82) is 0 Å². The van der Waals surface area contributed by atoms with Crippen molar-refractivity contribution in [3.63, 3.8) is 0 Å². The molecule has 21 heavy (non-hydrogen) atoms. The highest BCUT2D eigenvalue weighted by Gasteiger charge is 2.21. The number of thioether (sulfide) groups is 1. The fraction of sp³-hybridized carbons (Fsp3) is 0.308. The highest BCUT2D eigenvalue weighted by Crippen LogP contribution is 2.29. The van der Waals surface area contributed by atoms with Gasteiger partial charge in [0.1, 0.15) is 11.6 Å². The van der Waals surface area contributed by atoms with Crippen LogP contribution in [0.4, 0.5) is 8.78 Å². The first-order valence-corrected chi connectivity index (χ1v) is 7.17. The van der Waals surface area contributed by atoms with Crippen molar-refractivity contribution in [1.82, 2.24) is 14.8 Å². The standard InChI is InChI=1S/C13H13F2N3O2S/c1-3-18-12(16-17-13(18)21-6-9(19)20)10-8(14)5-4-7(2)11(10)15/h4-5H,3,6H2,1-2H3,(H,19,20). The SMILES string of the molecule is CCn1c(SCC(=O)O)nnc1-c1c(F)ccc(C)c1F. The van der Waals surface area contributed by atoms with Gasteiger partial charge < -0.3 is 9.67 Å². The first-order chi connectivity index (χ1) is 9.95. The minimum atomic E-state index is -1.000. The number of nitrogens with zero attached hydrogens (tertiary/aromatic N) is 3. The molecule has 0 aliphatic rings. The van der Waals surface area contributed by atoms with E-state index in [0.717, 1.165) is 11.8 Å². The van der Waals surface area contributed by atoms with Crippen LogP contribution < -0.4 is 0 Å². The maximum Gasteiger partial charge on any atom is 0.313 e. The molecule has 0 saturated heterocycles. The van der Waals surface area contributed by atoms with Gasteiger partial charge in [-0.05, 0) is 25.5 Å². The number of carboxylic acids is 1. The summed E-state index contributed by atoms with van der Waals surface area (Å²) in [6.07, 6.45) is 0. The van der Waals surface area contributed by atoms with Crippen LogP contribution in [-0.2, 0) is 11.3 Å².